The molecule has 1 atom stereocenters. The number of piperazine rings is 1. The quantitative estimate of drug-likeness (QED) is 0.450. The van der Waals surface area contributed by atoms with Gasteiger partial charge in [-0.05, 0) is 69.0 Å². The maximum atomic E-state index is 13.0. The maximum Gasteiger partial charge on any atom is 0.416 e. The highest BCUT2D eigenvalue weighted by molar-refractivity contribution is 5.94. The largest absolute Gasteiger partial charge is 0.486 e. The number of amides is 1. The molecule has 1 unspecified atom stereocenters. The summed E-state index contributed by atoms with van der Waals surface area (Å²) in [5.41, 5.74) is 0.813. The Morgan fingerprint density at radius 1 is 1.00 bits per heavy atom. The Hall–Kier alpha value is -2.58. The van der Waals surface area contributed by atoms with Gasteiger partial charge in [0.1, 0.15) is 11.9 Å². The SMILES string of the molecule is CCCCN1CCN(C(=O)c2ccc(C(CCN(C)C)Oc3ccc(C(F)(F)F)cc3)cc2)CC1. The van der Waals surface area contributed by atoms with Crippen molar-refractivity contribution in [3.8, 4) is 5.75 Å². The van der Waals surface area contributed by atoms with E-state index >= 15 is 0 Å². The molecule has 5 nitrogen and oxygen atoms in total. The van der Waals surface area contributed by atoms with Gasteiger partial charge in [-0.1, -0.05) is 25.5 Å². The van der Waals surface area contributed by atoms with Crippen molar-refractivity contribution < 1.29 is 22.7 Å². The highest BCUT2D eigenvalue weighted by atomic mass is 19.4. The van der Waals surface area contributed by atoms with Crippen molar-refractivity contribution in [3.63, 3.8) is 0 Å². The number of carbonyl (C=O) groups excluding carboxylic acids is 1. The zero-order valence-electron chi connectivity index (χ0n) is 20.9. The molecule has 1 fully saturated rings. The standard InChI is InChI=1S/C27H36F3N3O2/c1-4-5-15-32-17-19-33(20-18-32)26(34)22-8-6-21(7-9-22)25(14-16-31(2)3)35-24-12-10-23(11-13-24)27(28,29)30/h6-13,25H,4-5,14-20H2,1-3H3. The Balaban J connectivity index is 1.66. The summed E-state index contributed by atoms with van der Waals surface area (Å²) >= 11 is 0. The Morgan fingerprint density at radius 2 is 1.63 bits per heavy atom. The second kappa shape index (κ2) is 12.4. The molecule has 1 aliphatic heterocycles. The molecular weight excluding hydrogens is 455 g/mol. The van der Waals surface area contributed by atoms with Gasteiger partial charge in [-0.2, -0.15) is 13.2 Å². The molecule has 192 valence electrons. The smallest absolute Gasteiger partial charge is 0.416 e. The van der Waals surface area contributed by atoms with E-state index in [0.717, 1.165) is 57.0 Å². The topological polar surface area (TPSA) is 36.0 Å². The number of alkyl halides is 3. The first-order valence-corrected chi connectivity index (χ1v) is 12.3. The summed E-state index contributed by atoms with van der Waals surface area (Å²) in [4.78, 5) is 19.3. The molecule has 3 rings (SSSR count). The van der Waals surface area contributed by atoms with Crippen LogP contribution in [0.2, 0.25) is 0 Å². The Bertz CT molecular complexity index is 922. The van der Waals surface area contributed by atoms with Crippen LogP contribution in [0.15, 0.2) is 48.5 Å². The number of carbonyl (C=O) groups is 1. The van der Waals surface area contributed by atoms with Gasteiger partial charge in [0.25, 0.3) is 5.91 Å². The van der Waals surface area contributed by atoms with Crippen LogP contribution in [-0.2, 0) is 6.18 Å². The van der Waals surface area contributed by atoms with Gasteiger partial charge < -0.3 is 14.5 Å². The summed E-state index contributed by atoms with van der Waals surface area (Å²) in [5, 5.41) is 0. The van der Waals surface area contributed by atoms with Gasteiger partial charge in [0.05, 0.1) is 5.56 Å². The van der Waals surface area contributed by atoms with E-state index in [0.29, 0.717) is 17.7 Å². The van der Waals surface area contributed by atoms with Crippen LogP contribution in [-0.4, -0.2) is 74.0 Å². The van der Waals surface area contributed by atoms with Crippen LogP contribution in [0.5, 0.6) is 5.75 Å². The molecule has 35 heavy (non-hydrogen) atoms. The van der Waals surface area contributed by atoms with Gasteiger partial charge in [0, 0.05) is 44.7 Å². The molecule has 0 aromatic heterocycles. The molecule has 0 N–H and O–H groups in total. The van der Waals surface area contributed by atoms with Crippen LogP contribution < -0.4 is 4.74 Å². The second-order valence-corrected chi connectivity index (χ2v) is 9.33. The molecule has 8 heteroatoms. The average molecular weight is 492 g/mol. The van der Waals surface area contributed by atoms with Crippen molar-refractivity contribution in [2.24, 2.45) is 0 Å². The van der Waals surface area contributed by atoms with Crippen molar-refractivity contribution in [1.82, 2.24) is 14.7 Å². The second-order valence-electron chi connectivity index (χ2n) is 9.33. The van der Waals surface area contributed by atoms with Crippen molar-refractivity contribution in [3.05, 3.63) is 65.2 Å². The molecule has 0 saturated carbocycles. The van der Waals surface area contributed by atoms with E-state index in [-0.39, 0.29) is 12.0 Å². The maximum absolute atomic E-state index is 13.0. The Morgan fingerprint density at radius 3 is 2.17 bits per heavy atom. The zero-order chi connectivity index (χ0) is 25.4. The van der Waals surface area contributed by atoms with Crippen LogP contribution >= 0.6 is 0 Å². The lowest BCUT2D eigenvalue weighted by Gasteiger charge is -2.34. The lowest BCUT2D eigenvalue weighted by Crippen LogP contribution is -2.48. The fourth-order valence-electron chi connectivity index (χ4n) is 4.14. The van der Waals surface area contributed by atoms with Crippen molar-refractivity contribution in [2.45, 2.75) is 38.5 Å². The third-order valence-corrected chi connectivity index (χ3v) is 6.32. The number of rotatable bonds is 10. The van der Waals surface area contributed by atoms with Gasteiger partial charge >= 0.3 is 6.18 Å². The minimum Gasteiger partial charge on any atom is -0.486 e. The lowest BCUT2D eigenvalue weighted by molar-refractivity contribution is -0.137. The fourth-order valence-corrected chi connectivity index (χ4v) is 4.14. The minimum atomic E-state index is -4.38. The van der Waals surface area contributed by atoms with Gasteiger partial charge in [-0.3, -0.25) is 9.69 Å². The number of halogens is 3. The van der Waals surface area contributed by atoms with E-state index in [9.17, 15) is 18.0 Å². The predicted molar refractivity (Wildman–Crippen MR) is 132 cm³/mol. The van der Waals surface area contributed by atoms with Gasteiger partial charge in [-0.25, -0.2) is 0 Å². The Kier molecular flexibility index (Phi) is 9.57. The highest BCUT2D eigenvalue weighted by Crippen LogP contribution is 2.32. The summed E-state index contributed by atoms with van der Waals surface area (Å²) in [6.07, 6.45) is -1.72. The molecular formula is C27H36F3N3O2. The van der Waals surface area contributed by atoms with Gasteiger partial charge in [-0.15, -0.1) is 0 Å². The normalized spacial score (nSPS) is 15.9. The summed E-state index contributed by atoms with van der Waals surface area (Å²) < 4.78 is 44.7. The van der Waals surface area contributed by atoms with E-state index in [1.165, 1.54) is 25.0 Å². The first-order chi connectivity index (χ1) is 16.7. The Labute approximate surface area is 206 Å². The predicted octanol–water partition coefficient (Wildman–Crippen LogP) is 5.34. The van der Waals surface area contributed by atoms with Crippen LogP contribution in [0.4, 0.5) is 13.2 Å². The van der Waals surface area contributed by atoms with E-state index in [2.05, 4.69) is 11.8 Å². The van der Waals surface area contributed by atoms with Crippen LogP contribution in [0.3, 0.4) is 0 Å². The first-order valence-electron chi connectivity index (χ1n) is 12.3. The molecule has 0 spiro atoms. The minimum absolute atomic E-state index is 0.0280. The monoisotopic (exact) mass is 491 g/mol. The number of nitrogens with zero attached hydrogens (tertiary/aromatic N) is 3. The molecule has 1 saturated heterocycles. The van der Waals surface area contributed by atoms with Gasteiger partial charge in [0.15, 0.2) is 0 Å². The summed E-state index contributed by atoms with van der Waals surface area (Å²) in [5.74, 6) is 0.406. The lowest BCUT2D eigenvalue weighted by atomic mass is 10.0. The summed E-state index contributed by atoms with van der Waals surface area (Å²) in [7, 11) is 3.91. The number of hydrogen-bond acceptors (Lipinski definition) is 4. The van der Waals surface area contributed by atoms with E-state index in [4.69, 9.17) is 4.74 Å². The van der Waals surface area contributed by atoms with Gasteiger partial charge in [0.2, 0.25) is 0 Å². The van der Waals surface area contributed by atoms with E-state index in [1.807, 2.05) is 48.2 Å². The molecule has 2 aromatic carbocycles. The van der Waals surface area contributed by atoms with Crippen molar-refractivity contribution >= 4 is 5.91 Å². The molecule has 2 aromatic rings. The molecule has 0 aliphatic carbocycles. The van der Waals surface area contributed by atoms with Crippen LogP contribution in [0.1, 0.15) is 53.8 Å². The number of ether oxygens (including phenoxy) is 1. The molecule has 0 radical (unpaired) electrons. The molecule has 1 amide bonds. The van der Waals surface area contributed by atoms with E-state index < -0.39 is 11.7 Å². The number of hydrogen-bond donors (Lipinski definition) is 0. The zero-order valence-corrected chi connectivity index (χ0v) is 20.9. The van der Waals surface area contributed by atoms with Crippen LogP contribution in [0, 0.1) is 0 Å². The van der Waals surface area contributed by atoms with Crippen LogP contribution in [0.25, 0.3) is 0 Å². The van der Waals surface area contributed by atoms with Crippen molar-refractivity contribution in [1.29, 1.82) is 0 Å². The average Bonchev–Trinajstić information content (AvgIpc) is 2.85. The fraction of sp³-hybridized carbons (Fsp3) is 0.519. The highest BCUT2D eigenvalue weighted by Gasteiger charge is 2.30. The number of unbranched alkanes of at least 4 members (excludes halogenated alkanes) is 1. The molecule has 0 bridgehead atoms. The molecule has 1 aliphatic rings. The van der Waals surface area contributed by atoms with E-state index in [1.54, 1.807) is 0 Å². The van der Waals surface area contributed by atoms with Crippen molar-refractivity contribution in [2.75, 3.05) is 53.4 Å². The summed E-state index contributed by atoms with van der Waals surface area (Å²) in [6, 6.07) is 12.2. The third kappa shape index (κ3) is 7.97. The first kappa shape index (κ1) is 27.0. The molecule has 1 heterocycles. The number of benzene rings is 2. The summed E-state index contributed by atoms with van der Waals surface area (Å²) in [6.45, 7) is 7.27. The third-order valence-electron chi connectivity index (χ3n) is 6.32.